The quantitative estimate of drug-likeness (QED) is 0.681. The van der Waals surface area contributed by atoms with Crippen LogP contribution in [0.2, 0.25) is 0 Å². The molecule has 0 saturated heterocycles. The number of nitrogens with zero attached hydrogens (tertiary/aromatic N) is 2. The van der Waals surface area contributed by atoms with Crippen LogP contribution in [0.3, 0.4) is 0 Å². The Morgan fingerprint density at radius 3 is 2.80 bits per heavy atom. The Bertz CT molecular complexity index is 372. The van der Waals surface area contributed by atoms with Crippen molar-refractivity contribution >= 4 is 12.2 Å². The molecule has 2 rings (SSSR count). The molecule has 1 unspecified atom stereocenters. The van der Waals surface area contributed by atoms with Gasteiger partial charge in [0.1, 0.15) is 0 Å². The van der Waals surface area contributed by atoms with Gasteiger partial charge in [-0.15, -0.1) is 0 Å². The molecule has 0 radical (unpaired) electrons. The zero-order chi connectivity index (χ0) is 10.7. The van der Waals surface area contributed by atoms with Gasteiger partial charge < -0.3 is 4.90 Å². The topological polar surface area (TPSA) is 32.7 Å². The molecule has 0 aromatic heterocycles. The van der Waals surface area contributed by atoms with Crippen molar-refractivity contribution in [2.24, 2.45) is 4.99 Å². The summed E-state index contributed by atoms with van der Waals surface area (Å²) in [7, 11) is 0. The van der Waals surface area contributed by atoms with Gasteiger partial charge in [-0.2, -0.15) is 0 Å². The summed E-state index contributed by atoms with van der Waals surface area (Å²) in [6, 6.07) is 10.2. The number of rotatable bonds is 1. The molecule has 1 atom stereocenters. The van der Waals surface area contributed by atoms with Crippen LogP contribution in [0.4, 0.5) is 0 Å². The summed E-state index contributed by atoms with van der Waals surface area (Å²) in [4.78, 5) is 17.1. The Labute approximate surface area is 89.4 Å². The molecule has 1 aliphatic rings. The second-order valence-electron chi connectivity index (χ2n) is 3.76. The van der Waals surface area contributed by atoms with Crippen LogP contribution in [-0.4, -0.2) is 30.2 Å². The number of amides is 1. The third-order valence-corrected chi connectivity index (χ3v) is 2.64. The number of carbonyl (C=O) groups excluding carboxylic acids is 1. The summed E-state index contributed by atoms with van der Waals surface area (Å²) in [5.74, 6) is 0.388. The lowest BCUT2D eigenvalue weighted by Gasteiger charge is -2.26. The third-order valence-electron chi connectivity index (χ3n) is 2.64. The van der Waals surface area contributed by atoms with E-state index < -0.39 is 0 Å². The predicted octanol–water partition coefficient (Wildman–Crippen LogP) is 1.66. The van der Waals surface area contributed by atoms with Crippen LogP contribution in [0.5, 0.6) is 0 Å². The Hall–Kier alpha value is -1.64. The van der Waals surface area contributed by atoms with Gasteiger partial charge in [0.25, 0.3) is 0 Å². The highest BCUT2D eigenvalue weighted by molar-refractivity contribution is 5.86. The van der Waals surface area contributed by atoms with Gasteiger partial charge in [0.05, 0.1) is 6.34 Å². The maximum atomic E-state index is 11.2. The van der Waals surface area contributed by atoms with Gasteiger partial charge in [-0.05, 0) is 5.56 Å². The van der Waals surface area contributed by atoms with Crippen molar-refractivity contribution in [1.82, 2.24) is 4.90 Å². The van der Waals surface area contributed by atoms with Crippen LogP contribution in [0.1, 0.15) is 18.4 Å². The maximum Gasteiger partial charge on any atom is 0.224 e. The van der Waals surface area contributed by atoms with Gasteiger partial charge in [0.15, 0.2) is 0 Å². The van der Waals surface area contributed by atoms with E-state index in [1.165, 1.54) is 5.56 Å². The minimum Gasteiger partial charge on any atom is -0.303 e. The fourth-order valence-corrected chi connectivity index (χ4v) is 1.76. The van der Waals surface area contributed by atoms with Crippen molar-refractivity contribution in [3.05, 3.63) is 35.9 Å². The fourth-order valence-electron chi connectivity index (χ4n) is 1.76. The lowest BCUT2D eigenvalue weighted by Crippen LogP contribution is -2.35. The monoisotopic (exact) mass is 202 g/mol. The molecule has 78 valence electrons. The summed E-state index contributed by atoms with van der Waals surface area (Å²) in [6.07, 6.45) is 1.64. The summed E-state index contributed by atoms with van der Waals surface area (Å²) >= 11 is 0. The first-order chi connectivity index (χ1) is 7.27. The molecule has 0 spiro atoms. The van der Waals surface area contributed by atoms with Crippen LogP contribution in [0, 0.1) is 0 Å². The lowest BCUT2D eigenvalue weighted by molar-refractivity contribution is -0.125. The van der Waals surface area contributed by atoms with Crippen LogP contribution >= 0.6 is 0 Å². The van der Waals surface area contributed by atoms with E-state index in [4.69, 9.17) is 0 Å². The van der Waals surface area contributed by atoms with E-state index in [-0.39, 0.29) is 5.91 Å². The first kappa shape index (κ1) is 9.90. The Morgan fingerprint density at radius 1 is 1.40 bits per heavy atom. The molecule has 0 aliphatic carbocycles. The summed E-state index contributed by atoms with van der Waals surface area (Å²) in [5, 5.41) is 0. The van der Waals surface area contributed by atoms with Gasteiger partial charge in [-0.1, -0.05) is 30.3 Å². The average molecular weight is 202 g/mol. The largest absolute Gasteiger partial charge is 0.303 e. The van der Waals surface area contributed by atoms with Crippen molar-refractivity contribution < 1.29 is 4.79 Å². The fraction of sp³-hybridized carbons (Fsp3) is 0.333. The third kappa shape index (κ3) is 2.24. The molecule has 1 aromatic carbocycles. The Morgan fingerprint density at radius 2 is 2.13 bits per heavy atom. The predicted molar refractivity (Wildman–Crippen MR) is 59.9 cm³/mol. The van der Waals surface area contributed by atoms with Crippen LogP contribution in [-0.2, 0) is 4.79 Å². The number of carbonyl (C=O) groups is 1. The highest BCUT2D eigenvalue weighted by Gasteiger charge is 2.19. The van der Waals surface area contributed by atoms with Crippen LogP contribution < -0.4 is 0 Å². The highest BCUT2D eigenvalue weighted by Crippen LogP contribution is 2.19. The summed E-state index contributed by atoms with van der Waals surface area (Å²) in [6.45, 7) is 3.08. The molecule has 1 heterocycles. The van der Waals surface area contributed by atoms with Crippen molar-refractivity contribution in [1.29, 1.82) is 0 Å². The van der Waals surface area contributed by atoms with E-state index in [9.17, 15) is 4.79 Å². The van der Waals surface area contributed by atoms with E-state index in [1.807, 2.05) is 18.2 Å². The van der Waals surface area contributed by atoms with E-state index in [1.54, 1.807) is 18.2 Å². The average Bonchev–Trinajstić information content (AvgIpc) is 2.30. The molecule has 0 bridgehead atoms. The number of aliphatic imine (C=N–C) groups is 1. The molecule has 3 heteroatoms. The molecular formula is C12H14N2O. The van der Waals surface area contributed by atoms with Gasteiger partial charge in [0, 0.05) is 25.9 Å². The molecule has 0 fully saturated rings. The normalized spacial score (nSPS) is 20.3. The van der Waals surface area contributed by atoms with Crippen molar-refractivity contribution in [3.8, 4) is 0 Å². The molecule has 1 amide bonds. The smallest absolute Gasteiger partial charge is 0.224 e. The number of hydrogen-bond acceptors (Lipinski definition) is 2. The first-order valence-electron chi connectivity index (χ1n) is 5.09. The zero-order valence-corrected chi connectivity index (χ0v) is 8.76. The van der Waals surface area contributed by atoms with Crippen molar-refractivity contribution in [3.63, 3.8) is 0 Å². The molecule has 0 saturated carbocycles. The minimum absolute atomic E-state index is 0.0550. The second-order valence-corrected chi connectivity index (χ2v) is 3.76. The van der Waals surface area contributed by atoms with E-state index in [0.717, 1.165) is 13.1 Å². The van der Waals surface area contributed by atoms with E-state index in [2.05, 4.69) is 17.1 Å². The lowest BCUT2D eigenvalue weighted by atomic mass is 9.98. The summed E-state index contributed by atoms with van der Waals surface area (Å²) < 4.78 is 0. The summed E-state index contributed by atoms with van der Waals surface area (Å²) in [5.41, 5.74) is 1.25. The molecule has 1 aromatic rings. The molecular weight excluding hydrogens is 188 g/mol. The maximum absolute atomic E-state index is 11.2. The van der Waals surface area contributed by atoms with E-state index >= 15 is 0 Å². The first-order valence-corrected chi connectivity index (χ1v) is 5.09. The van der Waals surface area contributed by atoms with Crippen LogP contribution in [0.15, 0.2) is 35.3 Å². The second kappa shape index (κ2) is 4.26. The van der Waals surface area contributed by atoms with Gasteiger partial charge >= 0.3 is 0 Å². The number of hydrogen-bond donors (Lipinski definition) is 0. The molecule has 1 aliphatic heterocycles. The molecule has 3 nitrogen and oxygen atoms in total. The standard InChI is InChI=1S/C12H14N2O/c1-10(15)14-8-12(7-13-9-14)11-5-3-2-4-6-11/h2-6,9,12H,7-8H2,1H3. The Balaban J connectivity index is 2.14. The van der Waals surface area contributed by atoms with Gasteiger partial charge in [-0.3, -0.25) is 9.79 Å². The van der Waals surface area contributed by atoms with Crippen molar-refractivity contribution in [2.75, 3.05) is 13.1 Å². The SMILES string of the molecule is CC(=O)N1C=NCC(c2ccccc2)C1. The van der Waals surface area contributed by atoms with Gasteiger partial charge in [-0.25, -0.2) is 0 Å². The Kier molecular flexibility index (Phi) is 2.81. The van der Waals surface area contributed by atoms with Gasteiger partial charge in [0.2, 0.25) is 5.91 Å². The number of benzene rings is 1. The minimum atomic E-state index is 0.0550. The zero-order valence-electron chi connectivity index (χ0n) is 8.76. The molecule has 0 N–H and O–H groups in total. The van der Waals surface area contributed by atoms with Crippen LogP contribution in [0.25, 0.3) is 0 Å². The highest BCUT2D eigenvalue weighted by atomic mass is 16.2. The van der Waals surface area contributed by atoms with Crippen molar-refractivity contribution in [2.45, 2.75) is 12.8 Å². The molecule has 15 heavy (non-hydrogen) atoms. The van der Waals surface area contributed by atoms with E-state index in [0.29, 0.717) is 5.92 Å².